The van der Waals surface area contributed by atoms with Gasteiger partial charge < -0.3 is 10.2 Å². The Hall–Kier alpha value is -4.26. The van der Waals surface area contributed by atoms with Crippen molar-refractivity contribution in [3.8, 4) is 16.9 Å². The molecule has 0 fully saturated rings. The van der Waals surface area contributed by atoms with E-state index in [1.807, 2.05) is 73.7 Å². The maximum atomic E-state index is 13.3. The number of carbonyl (C=O) groups excluding carboxylic acids is 2. The second-order valence-corrected chi connectivity index (χ2v) is 8.16. The first-order valence-corrected chi connectivity index (χ1v) is 11.6. The highest BCUT2D eigenvalue weighted by Gasteiger charge is 2.20. The predicted octanol–water partition coefficient (Wildman–Crippen LogP) is 5.56. The number of halogens is 1. The summed E-state index contributed by atoms with van der Waals surface area (Å²) in [5.41, 5.74) is 2.79. The van der Waals surface area contributed by atoms with Crippen molar-refractivity contribution >= 4 is 17.6 Å². The summed E-state index contributed by atoms with van der Waals surface area (Å²) < 4.78 is 15.0. The zero-order valence-electron chi connectivity index (χ0n) is 19.5. The lowest BCUT2D eigenvalue weighted by atomic mass is 10.1. The number of rotatable bonds is 9. The summed E-state index contributed by atoms with van der Waals surface area (Å²) in [6.07, 6.45) is 1.62. The molecule has 0 radical (unpaired) electrons. The Kier molecular flexibility index (Phi) is 7.67. The number of benzene rings is 3. The van der Waals surface area contributed by atoms with Gasteiger partial charge in [0.1, 0.15) is 18.2 Å². The lowest BCUT2D eigenvalue weighted by Gasteiger charge is -2.22. The van der Waals surface area contributed by atoms with Gasteiger partial charge in [-0.1, -0.05) is 61.9 Å². The summed E-state index contributed by atoms with van der Waals surface area (Å²) in [6.45, 7) is 2.31. The molecule has 0 atom stereocenters. The zero-order chi connectivity index (χ0) is 24.6. The largest absolute Gasteiger partial charge is 0.329 e. The van der Waals surface area contributed by atoms with Crippen LogP contribution >= 0.6 is 0 Å². The predicted molar refractivity (Wildman–Crippen MR) is 135 cm³/mol. The highest BCUT2D eigenvalue weighted by Crippen LogP contribution is 2.24. The van der Waals surface area contributed by atoms with Crippen LogP contribution in [0, 0.1) is 5.82 Å². The Morgan fingerprint density at radius 1 is 0.943 bits per heavy atom. The number of hydrogen-bond donors (Lipinski definition) is 1. The van der Waals surface area contributed by atoms with E-state index in [0.29, 0.717) is 17.9 Å². The molecule has 3 aromatic carbocycles. The number of amides is 2. The molecule has 0 aliphatic carbocycles. The molecule has 0 unspecified atom stereocenters. The lowest BCUT2D eigenvalue weighted by molar-refractivity contribution is -0.117. The van der Waals surface area contributed by atoms with Gasteiger partial charge in [0.2, 0.25) is 5.91 Å². The van der Waals surface area contributed by atoms with Crippen LogP contribution in [0.1, 0.15) is 30.1 Å². The number of nitrogens with one attached hydrogen (secondary N) is 1. The summed E-state index contributed by atoms with van der Waals surface area (Å²) in [5, 5.41) is 7.64. The van der Waals surface area contributed by atoms with Crippen molar-refractivity contribution in [1.82, 2.24) is 14.7 Å². The van der Waals surface area contributed by atoms with Crippen molar-refractivity contribution in [2.75, 3.05) is 18.4 Å². The van der Waals surface area contributed by atoms with E-state index >= 15 is 0 Å². The Morgan fingerprint density at radius 3 is 2.26 bits per heavy atom. The number of unbranched alkanes of at least 4 members (excludes halogenated alkanes) is 1. The molecule has 2 amide bonds. The highest BCUT2D eigenvalue weighted by molar-refractivity contribution is 5.99. The Bertz CT molecular complexity index is 1270. The average molecular weight is 471 g/mol. The molecular formula is C28H27FN4O2. The van der Waals surface area contributed by atoms with E-state index in [0.717, 1.165) is 29.8 Å². The number of aromatic nitrogens is 2. The molecule has 35 heavy (non-hydrogen) atoms. The molecule has 0 aliphatic heterocycles. The number of anilines is 1. The van der Waals surface area contributed by atoms with Crippen LogP contribution in [0.4, 0.5) is 10.2 Å². The first-order valence-electron chi connectivity index (χ1n) is 11.6. The summed E-state index contributed by atoms with van der Waals surface area (Å²) in [4.78, 5) is 27.6. The number of carbonyl (C=O) groups is 2. The molecule has 1 heterocycles. The summed E-state index contributed by atoms with van der Waals surface area (Å²) in [7, 11) is 0. The van der Waals surface area contributed by atoms with Gasteiger partial charge in [0, 0.05) is 23.7 Å². The topological polar surface area (TPSA) is 67.2 Å². The van der Waals surface area contributed by atoms with E-state index in [1.165, 1.54) is 29.2 Å². The van der Waals surface area contributed by atoms with Crippen molar-refractivity contribution in [1.29, 1.82) is 0 Å². The van der Waals surface area contributed by atoms with E-state index in [4.69, 9.17) is 5.10 Å². The normalized spacial score (nSPS) is 10.7. The van der Waals surface area contributed by atoms with Crippen LogP contribution in [0.25, 0.3) is 16.9 Å². The second-order valence-electron chi connectivity index (χ2n) is 8.16. The standard InChI is InChI=1S/C28H27FN4O2/c1-2-3-18-32(28(35)22-14-16-23(29)17-15-22)20-27(34)30-26-19-25(21-10-6-4-7-11-21)31-33(26)24-12-8-5-9-13-24/h4-17,19H,2-3,18,20H2,1H3,(H,30,34). The quantitative estimate of drug-likeness (QED) is 0.348. The third kappa shape index (κ3) is 6.00. The second kappa shape index (κ2) is 11.2. The van der Waals surface area contributed by atoms with E-state index in [-0.39, 0.29) is 18.4 Å². The van der Waals surface area contributed by atoms with E-state index in [2.05, 4.69) is 5.32 Å². The molecule has 4 rings (SSSR count). The molecule has 0 saturated heterocycles. The van der Waals surface area contributed by atoms with E-state index in [1.54, 1.807) is 4.68 Å². The molecule has 178 valence electrons. The van der Waals surface area contributed by atoms with E-state index < -0.39 is 5.82 Å². The summed E-state index contributed by atoms with van der Waals surface area (Å²) >= 11 is 0. The van der Waals surface area contributed by atoms with Crippen LogP contribution in [-0.4, -0.2) is 39.6 Å². The summed E-state index contributed by atoms with van der Waals surface area (Å²) in [6, 6.07) is 26.4. The Labute approximate surface area is 204 Å². The van der Waals surface area contributed by atoms with Crippen molar-refractivity contribution in [3.63, 3.8) is 0 Å². The van der Waals surface area contributed by atoms with Crippen molar-refractivity contribution in [3.05, 3.63) is 102 Å². The number of para-hydroxylation sites is 1. The van der Waals surface area contributed by atoms with Gasteiger partial charge in [0.05, 0.1) is 11.4 Å². The molecule has 1 aromatic heterocycles. The minimum absolute atomic E-state index is 0.128. The third-order valence-electron chi connectivity index (χ3n) is 5.54. The molecule has 1 N–H and O–H groups in total. The molecule has 6 nitrogen and oxygen atoms in total. The van der Waals surface area contributed by atoms with Gasteiger partial charge in [-0.2, -0.15) is 5.10 Å². The van der Waals surface area contributed by atoms with Crippen LogP contribution in [0.15, 0.2) is 91.0 Å². The summed E-state index contributed by atoms with van der Waals surface area (Å²) in [5.74, 6) is -0.559. The molecule has 4 aromatic rings. The van der Waals surface area contributed by atoms with Gasteiger partial charge >= 0.3 is 0 Å². The smallest absolute Gasteiger partial charge is 0.254 e. The fourth-order valence-corrected chi connectivity index (χ4v) is 3.72. The van der Waals surface area contributed by atoms with Crippen LogP contribution in [-0.2, 0) is 4.79 Å². The molecule has 0 saturated carbocycles. The molecule has 0 bridgehead atoms. The number of hydrogen-bond acceptors (Lipinski definition) is 3. The van der Waals surface area contributed by atoms with E-state index in [9.17, 15) is 14.0 Å². The van der Waals surface area contributed by atoms with Gasteiger partial charge in [0.15, 0.2) is 0 Å². The minimum Gasteiger partial charge on any atom is -0.329 e. The first kappa shape index (κ1) is 23.9. The fraction of sp³-hybridized carbons (Fsp3) is 0.179. The van der Waals surface area contributed by atoms with Gasteiger partial charge in [-0.3, -0.25) is 9.59 Å². The third-order valence-corrected chi connectivity index (χ3v) is 5.54. The molecule has 7 heteroatoms. The maximum absolute atomic E-state index is 13.3. The first-order chi connectivity index (χ1) is 17.0. The molecule has 0 aliphatic rings. The molecular weight excluding hydrogens is 443 g/mol. The molecule has 0 spiro atoms. The Balaban J connectivity index is 1.58. The van der Waals surface area contributed by atoms with Crippen molar-refractivity contribution in [2.24, 2.45) is 0 Å². The average Bonchev–Trinajstić information content (AvgIpc) is 3.31. The van der Waals surface area contributed by atoms with Gasteiger partial charge in [0.25, 0.3) is 5.91 Å². The van der Waals surface area contributed by atoms with Crippen LogP contribution in [0.2, 0.25) is 0 Å². The van der Waals surface area contributed by atoms with Gasteiger partial charge in [-0.15, -0.1) is 0 Å². The zero-order valence-corrected chi connectivity index (χ0v) is 19.5. The lowest BCUT2D eigenvalue weighted by Crippen LogP contribution is -2.39. The SMILES string of the molecule is CCCCN(CC(=O)Nc1cc(-c2ccccc2)nn1-c1ccccc1)C(=O)c1ccc(F)cc1. The fourth-order valence-electron chi connectivity index (χ4n) is 3.72. The van der Waals surface area contributed by atoms with Gasteiger partial charge in [-0.25, -0.2) is 9.07 Å². The number of nitrogens with zero attached hydrogens (tertiary/aromatic N) is 3. The van der Waals surface area contributed by atoms with Crippen molar-refractivity contribution < 1.29 is 14.0 Å². The Morgan fingerprint density at radius 2 is 1.60 bits per heavy atom. The van der Waals surface area contributed by atoms with Crippen LogP contribution in [0.5, 0.6) is 0 Å². The van der Waals surface area contributed by atoms with Crippen molar-refractivity contribution in [2.45, 2.75) is 19.8 Å². The monoisotopic (exact) mass is 470 g/mol. The maximum Gasteiger partial charge on any atom is 0.254 e. The van der Waals surface area contributed by atoms with Gasteiger partial charge in [-0.05, 0) is 42.8 Å². The minimum atomic E-state index is -0.414. The highest BCUT2D eigenvalue weighted by atomic mass is 19.1. The van der Waals surface area contributed by atoms with Crippen LogP contribution < -0.4 is 5.32 Å². The van der Waals surface area contributed by atoms with Crippen LogP contribution in [0.3, 0.4) is 0 Å².